The van der Waals surface area contributed by atoms with Crippen LogP contribution in [-0.2, 0) is 26.5 Å². The molecule has 0 bridgehead atoms. The number of hydrogen-bond acceptors (Lipinski definition) is 3. The molecule has 0 radical (unpaired) electrons. The quantitative estimate of drug-likeness (QED) is 0.175. The van der Waals surface area contributed by atoms with Crippen molar-refractivity contribution < 1.29 is 25.8 Å². The normalized spacial score (nSPS) is 11.2. The standard InChI is InChI=1S/C33H24N4O.Pt/c1-33(2,3)23-16-18-36-31(20-23)37-30-21-25(14-15-26(30)27-11-8-13-29(34-4)32(27)37)38-24-10-7-9-22(19-24)28-12-5-6-17-35-28;/h5-18,20H,1-3H3;/q-2;+2. The van der Waals surface area contributed by atoms with Crippen molar-refractivity contribution in [1.29, 1.82) is 0 Å². The molecule has 3 aromatic heterocycles. The van der Waals surface area contributed by atoms with Crippen LogP contribution in [0, 0.1) is 18.7 Å². The second kappa shape index (κ2) is 10.5. The Hall–Kier alpha value is -4.26. The first-order valence-electron chi connectivity index (χ1n) is 12.4. The molecule has 0 atom stereocenters. The summed E-state index contributed by atoms with van der Waals surface area (Å²) >= 11 is 0. The van der Waals surface area contributed by atoms with Crippen LogP contribution >= 0.6 is 0 Å². The minimum absolute atomic E-state index is 0. The van der Waals surface area contributed by atoms with E-state index in [2.05, 4.69) is 48.8 Å². The summed E-state index contributed by atoms with van der Waals surface area (Å²) in [5, 5.41) is 1.95. The second-order valence-corrected chi connectivity index (χ2v) is 10.1. The molecule has 0 fully saturated rings. The van der Waals surface area contributed by atoms with Crippen LogP contribution < -0.4 is 4.74 Å². The fourth-order valence-corrected chi connectivity index (χ4v) is 4.64. The monoisotopic (exact) mass is 687 g/mol. The van der Waals surface area contributed by atoms with Crippen LogP contribution in [0.1, 0.15) is 26.3 Å². The maximum absolute atomic E-state index is 7.83. The van der Waals surface area contributed by atoms with E-state index in [0.717, 1.165) is 44.4 Å². The molecule has 0 amide bonds. The molecular formula is C33H24N4OPt. The van der Waals surface area contributed by atoms with Gasteiger partial charge in [-0.3, -0.25) is 0 Å². The predicted molar refractivity (Wildman–Crippen MR) is 151 cm³/mol. The van der Waals surface area contributed by atoms with Crippen LogP contribution in [0.4, 0.5) is 5.69 Å². The van der Waals surface area contributed by atoms with Crippen molar-refractivity contribution in [1.82, 2.24) is 14.5 Å². The Morgan fingerprint density at radius 2 is 1.64 bits per heavy atom. The van der Waals surface area contributed by atoms with Gasteiger partial charge in [-0.15, -0.1) is 41.3 Å². The molecule has 0 saturated heterocycles. The van der Waals surface area contributed by atoms with Gasteiger partial charge >= 0.3 is 21.1 Å². The van der Waals surface area contributed by atoms with Crippen LogP contribution in [0.2, 0.25) is 0 Å². The summed E-state index contributed by atoms with van der Waals surface area (Å²) in [4.78, 5) is 13.0. The van der Waals surface area contributed by atoms with Gasteiger partial charge in [-0.05, 0) is 34.9 Å². The van der Waals surface area contributed by atoms with Gasteiger partial charge in [-0.1, -0.05) is 68.1 Å². The summed E-state index contributed by atoms with van der Waals surface area (Å²) in [5.74, 6) is 1.86. The van der Waals surface area contributed by atoms with Gasteiger partial charge in [0.1, 0.15) is 5.82 Å². The van der Waals surface area contributed by atoms with Gasteiger partial charge in [0.25, 0.3) is 0 Å². The largest absolute Gasteiger partial charge is 2.00 e. The average Bonchev–Trinajstić information content (AvgIpc) is 3.27. The van der Waals surface area contributed by atoms with E-state index in [9.17, 15) is 0 Å². The summed E-state index contributed by atoms with van der Waals surface area (Å²) in [7, 11) is 0. The number of rotatable bonds is 4. The molecule has 3 heterocycles. The number of ether oxygens (including phenoxy) is 1. The van der Waals surface area contributed by atoms with Crippen LogP contribution in [-0.4, -0.2) is 14.5 Å². The number of nitrogens with zero attached hydrogens (tertiary/aromatic N) is 4. The molecule has 0 N–H and O–H groups in total. The average molecular weight is 688 g/mol. The van der Waals surface area contributed by atoms with Crippen molar-refractivity contribution in [3.63, 3.8) is 0 Å². The molecule has 0 spiro atoms. The minimum atomic E-state index is -0.0501. The fourth-order valence-electron chi connectivity index (χ4n) is 4.64. The maximum Gasteiger partial charge on any atom is 2.00 e. The Kier molecular flexibility index (Phi) is 7.08. The molecular weight excluding hydrogens is 663 g/mol. The van der Waals surface area contributed by atoms with E-state index < -0.39 is 0 Å². The van der Waals surface area contributed by atoms with E-state index in [1.807, 2.05) is 83.6 Å². The first-order valence-corrected chi connectivity index (χ1v) is 12.4. The molecule has 0 aliphatic heterocycles. The van der Waals surface area contributed by atoms with Crippen molar-refractivity contribution in [2.24, 2.45) is 0 Å². The molecule has 0 aliphatic carbocycles. The van der Waals surface area contributed by atoms with E-state index in [-0.39, 0.29) is 26.5 Å². The topological polar surface area (TPSA) is 44.3 Å². The van der Waals surface area contributed by atoms with Crippen molar-refractivity contribution in [2.75, 3.05) is 0 Å². The number of aromatic nitrogens is 3. The van der Waals surface area contributed by atoms with Gasteiger partial charge < -0.3 is 14.3 Å². The molecule has 6 aromatic rings. The predicted octanol–water partition coefficient (Wildman–Crippen LogP) is 8.48. The van der Waals surface area contributed by atoms with Crippen molar-refractivity contribution >= 4 is 27.5 Å². The number of hydrogen-bond donors (Lipinski definition) is 0. The first-order chi connectivity index (χ1) is 18.4. The van der Waals surface area contributed by atoms with E-state index in [4.69, 9.17) is 16.3 Å². The van der Waals surface area contributed by atoms with Gasteiger partial charge in [-0.2, -0.15) is 6.07 Å². The number of fused-ring (bicyclic) bond motifs is 3. The third-order valence-electron chi connectivity index (χ3n) is 6.54. The van der Waals surface area contributed by atoms with Crippen LogP contribution in [0.3, 0.4) is 0 Å². The molecule has 6 rings (SSSR count). The Morgan fingerprint density at radius 3 is 2.41 bits per heavy atom. The summed E-state index contributed by atoms with van der Waals surface area (Å²) in [5.41, 5.74) is 4.96. The van der Waals surface area contributed by atoms with Crippen molar-refractivity contribution in [3.05, 3.63) is 120 Å². The molecule has 0 unspecified atom stereocenters. The fraction of sp³-hybridized carbons (Fsp3) is 0.121. The van der Waals surface area contributed by atoms with Crippen molar-refractivity contribution in [2.45, 2.75) is 26.2 Å². The van der Waals surface area contributed by atoms with Gasteiger partial charge in [0.15, 0.2) is 0 Å². The maximum atomic E-state index is 7.83. The zero-order valence-electron chi connectivity index (χ0n) is 21.7. The van der Waals surface area contributed by atoms with Crippen molar-refractivity contribution in [3.8, 4) is 28.6 Å². The third kappa shape index (κ3) is 4.96. The Balaban J connectivity index is 0.00000308. The Bertz CT molecular complexity index is 1850. The van der Waals surface area contributed by atoms with E-state index in [0.29, 0.717) is 17.2 Å². The van der Waals surface area contributed by atoms with E-state index in [1.165, 1.54) is 0 Å². The summed E-state index contributed by atoms with van der Waals surface area (Å²) in [6, 6.07) is 32.1. The minimum Gasteiger partial charge on any atom is -0.503 e. The number of benzene rings is 3. The van der Waals surface area contributed by atoms with Gasteiger partial charge in [-0.25, -0.2) is 9.83 Å². The van der Waals surface area contributed by atoms with Crippen LogP contribution in [0.25, 0.3) is 43.7 Å². The Labute approximate surface area is 242 Å². The SMILES string of the molecule is [C-]#[N+]c1cccc2c3ccc(Oc4[c-]c(-c5ccccn5)ccc4)[c-]c3n(-c3cc(C(C)(C)C)ccn3)c12.[Pt+2]. The van der Waals surface area contributed by atoms with Gasteiger partial charge in [0.2, 0.25) is 5.69 Å². The van der Waals surface area contributed by atoms with E-state index in [1.54, 1.807) is 6.20 Å². The summed E-state index contributed by atoms with van der Waals surface area (Å²) in [6.45, 7) is 14.4. The molecule has 192 valence electrons. The van der Waals surface area contributed by atoms with Gasteiger partial charge in [0.05, 0.1) is 6.57 Å². The van der Waals surface area contributed by atoms with Crippen LogP contribution in [0.15, 0.2) is 91.3 Å². The Morgan fingerprint density at radius 1 is 0.821 bits per heavy atom. The summed E-state index contributed by atoms with van der Waals surface area (Å²) < 4.78 is 8.26. The molecule has 39 heavy (non-hydrogen) atoms. The zero-order chi connectivity index (χ0) is 26.3. The molecule has 0 saturated carbocycles. The number of para-hydroxylation sites is 1. The molecule has 0 aliphatic rings. The smallest absolute Gasteiger partial charge is 0.503 e. The third-order valence-corrected chi connectivity index (χ3v) is 6.54. The second-order valence-electron chi connectivity index (χ2n) is 10.1. The first kappa shape index (κ1) is 26.3. The van der Waals surface area contributed by atoms with Gasteiger partial charge in [0, 0.05) is 29.4 Å². The molecule has 6 heteroatoms. The molecule has 5 nitrogen and oxygen atoms in total. The van der Waals surface area contributed by atoms with Crippen LogP contribution in [0.5, 0.6) is 11.5 Å². The molecule has 3 aromatic carbocycles. The zero-order valence-corrected chi connectivity index (χ0v) is 23.9. The summed E-state index contributed by atoms with van der Waals surface area (Å²) in [6.07, 6.45) is 3.59. The van der Waals surface area contributed by atoms with E-state index >= 15 is 0 Å². The number of pyridine rings is 2.